The van der Waals surface area contributed by atoms with Crippen molar-refractivity contribution in [1.82, 2.24) is 15.5 Å². The van der Waals surface area contributed by atoms with Crippen molar-refractivity contribution in [3.8, 4) is 10.9 Å². The SMILES string of the molecule is CNCc1nnc(Oc2ccc(CCOC)cc2)s1. The van der Waals surface area contributed by atoms with Crippen LogP contribution in [-0.2, 0) is 17.7 Å². The molecule has 1 aromatic heterocycles. The topological polar surface area (TPSA) is 56.3 Å². The number of hydrogen-bond acceptors (Lipinski definition) is 6. The predicted molar refractivity (Wildman–Crippen MR) is 74.8 cm³/mol. The molecule has 0 unspecified atom stereocenters. The fraction of sp³-hybridized carbons (Fsp3) is 0.385. The molecule has 5 nitrogen and oxygen atoms in total. The summed E-state index contributed by atoms with van der Waals surface area (Å²) in [4.78, 5) is 0. The highest BCUT2D eigenvalue weighted by Crippen LogP contribution is 2.25. The third-order valence-electron chi connectivity index (χ3n) is 2.50. The molecule has 1 heterocycles. The molecule has 0 saturated carbocycles. The van der Waals surface area contributed by atoms with Gasteiger partial charge in [0.1, 0.15) is 10.8 Å². The number of nitrogens with zero attached hydrogens (tertiary/aromatic N) is 2. The number of hydrogen-bond donors (Lipinski definition) is 1. The zero-order valence-electron chi connectivity index (χ0n) is 11.0. The molecule has 2 aromatic rings. The molecule has 1 N–H and O–H groups in total. The minimum atomic E-state index is 0.565. The van der Waals surface area contributed by atoms with Crippen LogP contribution < -0.4 is 10.1 Å². The lowest BCUT2D eigenvalue weighted by molar-refractivity contribution is 0.202. The second-order valence-electron chi connectivity index (χ2n) is 3.98. The molecular weight excluding hydrogens is 262 g/mol. The Kier molecular flexibility index (Phi) is 5.26. The minimum Gasteiger partial charge on any atom is -0.430 e. The van der Waals surface area contributed by atoms with Gasteiger partial charge in [0.05, 0.1) is 6.61 Å². The Morgan fingerprint density at radius 2 is 2.00 bits per heavy atom. The third-order valence-corrected chi connectivity index (χ3v) is 3.30. The van der Waals surface area contributed by atoms with Crippen molar-refractivity contribution in [3.63, 3.8) is 0 Å². The molecule has 0 aliphatic heterocycles. The number of nitrogens with one attached hydrogen (secondary N) is 1. The third kappa shape index (κ3) is 4.27. The molecule has 0 amide bonds. The van der Waals surface area contributed by atoms with E-state index in [9.17, 15) is 0 Å². The summed E-state index contributed by atoms with van der Waals surface area (Å²) in [7, 11) is 3.58. The number of aromatic nitrogens is 2. The maximum Gasteiger partial charge on any atom is 0.299 e. The van der Waals surface area contributed by atoms with Gasteiger partial charge in [0.15, 0.2) is 0 Å². The molecular formula is C13H17N3O2S. The van der Waals surface area contributed by atoms with Gasteiger partial charge in [-0.25, -0.2) is 0 Å². The normalized spacial score (nSPS) is 10.6. The first-order valence-electron chi connectivity index (χ1n) is 6.04. The van der Waals surface area contributed by atoms with Crippen LogP contribution >= 0.6 is 11.3 Å². The summed E-state index contributed by atoms with van der Waals surface area (Å²) < 4.78 is 10.7. The van der Waals surface area contributed by atoms with Crippen molar-refractivity contribution in [2.75, 3.05) is 20.8 Å². The van der Waals surface area contributed by atoms with E-state index in [4.69, 9.17) is 9.47 Å². The van der Waals surface area contributed by atoms with E-state index >= 15 is 0 Å². The molecule has 6 heteroatoms. The largest absolute Gasteiger partial charge is 0.430 e. The highest BCUT2D eigenvalue weighted by molar-refractivity contribution is 7.13. The van der Waals surface area contributed by atoms with E-state index in [-0.39, 0.29) is 0 Å². The monoisotopic (exact) mass is 279 g/mol. The van der Waals surface area contributed by atoms with E-state index in [0.29, 0.717) is 11.7 Å². The molecule has 0 radical (unpaired) electrons. The summed E-state index contributed by atoms with van der Waals surface area (Å²) in [5.74, 6) is 0.772. The van der Waals surface area contributed by atoms with Gasteiger partial charge in [-0.3, -0.25) is 0 Å². The van der Waals surface area contributed by atoms with E-state index in [2.05, 4.69) is 15.5 Å². The fourth-order valence-electron chi connectivity index (χ4n) is 1.55. The zero-order chi connectivity index (χ0) is 13.5. The summed E-state index contributed by atoms with van der Waals surface area (Å²) in [6.07, 6.45) is 0.905. The first-order chi connectivity index (χ1) is 9.31. The predicted octanol–water partition coefficient (Wildman–Crippen LogP) is 2.24. The first kappa shape index (κ1) is 13.9. The molecule has 0 spiro atoms. The fourth-order valence-corrected chi connectivity index (χ4v) is 2.27. The number of rotatable bonds is 7. The minimum absolute atomic E-state index is 0.565. The zero-order valence-corrected chi connectivity index (χ0v) is 11.9. The summed E-state index contributed by atoms with van der Waals surface area (Å²) >= 11 is 1.44. The molecule has 0 fully saturated rings. The van der Waals surface area contributed by atoms with Crippen LogP contribution in [-0.4, -0.2) is 31.0 Å². The Balaban J connectivity index is 1.94. The quantitative estimate of drug-likeness (QED) is 0.842. The van der Waals surface area contributed by atoms with Crippen LogP contribution in [0.5, 0.6) is 10.9 Å². The summed E-state index contributed by atoms with van der Waals surface area (Å²) in [5, 5.41) is 12.5. The summed E-state index contributed by atoms with van der Waals surface area (Å²) in [6.45, 7) is 1.43. The van der Waals surface area contributed by atoms with Crippen LogP contribution in [0.1, 0.15) is 10.6 Å². The van der Waals surface area contributed by atoms with Crippen LogP contribution in [0.15, 0.2) is 24.3 Å². The van der Waals surface area contributed by atoms with Crippen LogP contribution in [0.3, 0.4) is 0 Å². The smallest absolute Gasteiger partial charge is 0.299 e. The van der Waals surface area contributed by atoms with E-state index in [0.717, 1.165) is 23.8 Å². The van der Waals surface area contributed by atoms with E-state index < -0.39 is 0 Å². The molecule has 102 valence electrons. The summed E-state index contributed by atoms with van der Waals surface area (Å²) in [5.41, 5.74) is 1.22. The molecule has 0 atom stereocenters. The average Bonchev–Trinajstić information content (AvgIpc) is 2.86. The van der Waals surface area contributed by atoms with Crippen molar-refractivity contribution >= 4 is 11.3 Å². The average molecular weight is 279 g/mol. The Morgan fingerprint density at radius 1 is 1.21 bits per heavy atom. The standard InChI is InChI=1S/C13H17N3O2S/c1-14-9-12-15-16-13(19-12)18-11-5-3-10(4-6-11)7-8-17-2/h3-6,14H,7-9H2,1-2H3. The number of methoxy groups -OCH3 is 1. The Hall–Kier alpha value is -1.50. The van der Waals surface area contributed by atoms with Crippen LogP contribution in [0, 0.1) is 0 Å². The molecule has 0 aliphatic carbocycles. The molecule has 0 saturated heterocycles. The molecule has 2 rings (SSSR count). The Labute approximate surface area is 116 Å². The van der Waals surface area contributed by atoms with Gasteiger partial charge in [-0.05, 0) is 31.2 Å². The lowest BCUT2D eigenvalue weighted by Gasteiger charge is -2.03. The van der Waals surface area contributed by atoms with Gasteiger partial charge in [0, 0.05) is 13.7 Å². The number of ether oxygens (including phenoxy) is 2. The van der Waals surface area contributed by atoms with Gasteiger partial charge in [-0.1, -0.05) is 28.6 Å². The second-order valence-corrected chi connectivity index (χ2v) is 5.01. The maximum atomic E-state index is 5.65. The summed E-state index contributed by atoms with van der Waals surface area (Å²) in [6, 6.07) is 7.93. The van der Waals surface area contributed by atoms with Crippen LogP contribution in [0.4, 0.5) is 0 Å². The van der Waals surface area contributed by atoms with E-state index in [1.165, 1.54) is 16.9 Å². The highest BCUT2D eigenvalue weighted by atomic mass is 32.1. The van der Waals surface area contributed by atoms with Gasteiger partial charge in [0.2, 0.25) is 0 Å². The first-order valence-corrected chi connectivity index (χ1v) is 6.86. The molecule has 1 aromatic carbocycles. The van der Waals surface area contributed by atoms with Gasteiger partial charge in [-0.2, -0.15) is 0 Å². The van der Waals surface area contributed by atoms with Gasteiger partial charge >= 0.3 is 0 Å². The lowest BCUT2D eigenvalue weighted by Crippen LogP contribution is -2.04. The van der Waals surface area contributed by atoms with Gasteiger partial charge in [0.25, 0.3) is 5.19 Å². The van der Waals surface area contributed by atoms with Crippen molar-refractivity contribution in [2.24, 2.45) is 0 Å². The van der Waals surface area contributed by atoms with E-state index in [1.54, 1.807) is 7.11 Å². The molecule has 0 aliphatic rings. The van der Waals surface area contributed by atoms with E-state index in [1.807, 2.05) is 31.3 Å². The second kappa shape index (κ2) is 7.18. The molecule has 19 heavy (non-hydrogen) atoms. The lowest BCUT2D eigenvalue weighted by atomic mass is 10.1. The van der Waals surface area contributed by atoms with Gasteiger partial charge in [-0.15, -0.1) is 5.10 Å². The van der Waals surface area contributed by atoms with Crippen molar-refractivity contribution < 1.29 is 9.47 Å². The van der Waals surface area contributed by atoms with Crippen molar-refractivity contribution in [2.45, 2.75) is 13.0 Å². The van der Waals surface area contributed by atoms with Crippen molar-refractivity contribution in [3.05, 3.63) is 34.8 Å². The van der Waals surface area contributed by atoms with Gasteiger partial charge < -0.3 is 14.8 Å². The Bertz CT molecular complexity index is 499. The van der Waals surface area contributed by atoms with Crippen molar-refractivity contribution in [1.29, 1.82) is 0 Å². The molecule has 0 bridgehead atoms. The van der Waals surface area contributed by atoms with Crippen LogP contribution in [0.2, 0.25) is 0 Å². The Morgan fingerprint density at radius 3 is 2.68 bits per heavy atom. The number of benzene rings is 1. The van der Waals surface area contributed by atoms with Crippen LogP contribution in [0.25, 0.3) is 0 Å². The maximum absolute atomic E-state index is 5.65. The highest BCUT2D eigenvalue weighted by Gasteiger charge is 2.05.